The topological polar surface area (TPSA) is 66.4 Å². The molecule has 1 rings (SSSR count). The third-order valence-electron chi connectivity index (χ3n) is 2.30. The minimum absolute atomic E-state index is 0.433. The maximum atomic E-state index is 11.4. The van der Waals surface area contributed by atoms with Crippen LogP contribution in [0.1, 0.15) is 18.1 Å². The maximum absolute atomic E-state index is 11.4. The molecule has 0 saturated heterocycles. The molecule has 1 amide bonds. The fraction of sp³-hybridized carbons (Fsp3) is 0.231. The Morgan fingerprint density at radius 3 is 2.67 bits per heavy atom. The van der Waals surface area contributed by atoms with Crippen molar-refractivity contribution < 1.29 is 14.7 Å². The number of carbonyl (C=O) groups excluding carboxylic acids is 1. The van der Waals surface area contributed by atoms with Gasteiger partial charge in [0, 0.05) is 10.5 Å². The lowest BCUT2D eigenvalue weighted by molar-refractivity contribution is -0.140. The summed E-state index contributed by atoms with van der Waals surface area (Å²) in [7, 11) is 0. The highest BCUT2D eigenvalue weighted by Crippen LogP contribution is 2.19. The van der Waals surface area contributed by atoms with Gasteiger partial charge >= 0.3 is 5.97 Å². The highest BCUT2D eigenvalue weighted by molar-refractivity contribution is 9.10. The van der Waals surface area contributed by atoms with Gasteiger partial charge in [0.05, 0.1) is 0 Å². The number of carboxylic acids is 1. The van der Waals surface area contributed by atoms with Crippen LogP contribution in [0.15, 0.2) is 28.7 Å². The lowest BCUT2D eigenvalue weighted by Crippen LogP contribution is -2.37. The predicted molar refractivity (Wildman–Crippen MR) is 73.2 cm³/mol. The lowest BCUT2D eigenvalue weighted by Gasteiger charge is -2.06. The number of carboxylic acid groups (broad SMARTS) is 1. The van der Waals surface area contributed by atoms with Crippen molar-refractivity contribution in [3.8, 4) is 0 Å². The van der Waals surface area contributed by atoms with Gasteiger partial charge in [-0.25, -0.2) is 0 Å². The molecular weight excluding hydrogens is 298 g/mol. The number of aryl methyl sites for hydroxylation is 1. The van der Waals surface area contributed by atoms with E-state index in [1.165, 1.54) is 13.0 Å². The standard InChI is InChI=1S/C13H14BrNO3/c1-8-3-4-10(11(14)7-8)5-6-12(16)15-9(2)13(17)18/h3-7,9H,1-2H3,(H,15,16)(H,17,18)/b6-5+/t9-/m0/s1. The number of hydrogen-bond donors (Lipinski definition) is 2. The van der Waals surface area contributed by atoms with Crippen LogP contribution >= 0.6 is 15.9 Å². The molecule has 1 atom stereocenters. The van der Waals surface area contributed by atoms with Crippen molar-refractivity contribution in [2.75, 3.05) is 0 Å². The SMILES string of the molecule is Cc1ccc(/C=C/C(=O)N[C@@H](C)C(=O)O)c(Br)c1. The van der Waals surface area contributed by atoms with Crippen LogP contribution in [0.5, 0.6) is 0 Å². The zero-order valence-corrected chi connectivity index (χ0v) is 11.7. The van der Waals surface area contributed by atoms with Crippen LogP contribution in [0, 0.1) is 6.92 Å². The van der Waals surface area contributed by atoms with Crippen LogP contribution in [0.2, 0.25) is 0 Å². The number of halogens is 1. The van der Waals surface area contributed by atoms with Gasteiger partial charge in [0.25, 0.3) is 0 Å². The van der Waals surface area contributed by atoms with Crippen LogP contribution in [0.4, 0.5) is 0 Å². The summed E-state index contributed by atoms with van der Waals surface area (Å²) in [5, 5.41) is 11.0. The minimum atomic E-state index is -1.06. The van der Waals surface area contributed by atoms with E-state index in [2.05, 4.69) is 21.2 Å². The van der Waals surface area contributed by atoms with Crippen LogP contribution in [0.25, 0.3) is 6.08 Å². The number of benzene rings is 1. The van der Waals surface area contributed by atoms with E-state index in [1.54, 1.807) is 6.08 Å². The third-order valence-corrected chi connectivity index (χ3v) is 2.99. The Hall–Kier alpha value is -1.62. The fourth-order valence-corrected chi connectivity index (χ4v) is 1.88. The average molecular weight is 312 g/mol. The Bertz CT molecular complexity index is 497. The molecule has 5 heteroatoms. The summed E-state index contributed by atoms with van der Waals surface area (Å²) in [6.45, 7) is 3.38. The van der Waals surface area contributed by atoms with Crippen molar-refractivity contribution in [3.63, 3.8) is 0 Å². The molecule has 4 nitrogen and oxygen atoms in total. The highest BCUT2D eigenvalue weighted by Gasteiger charge is 2.11. The van der Waals surface area contributed by atoms with Gasteiger partial charge in [-0.1, -0.05) is 28.1 Å². The van der Waals surface area contributed by atoms with Gasteiger partial charge in [-0.2, -0.15) is 0 Å². The third kappa shape index (κ3) is 4.33. The molecule has 1 aromatic rings. The zero-order valence-electron chi connectivity index (χ0n) is 10.1. The molecule has 96 valence electrons. The molecule has 0 fully saturated rings. The van der Waals surface area contributed by atoms with E-state index < -0.39 is 17.9 Å². The number of rotatable bonds is 4. The number of aliphatic carboxylic acids is 1. The molecule has 0 heterocycles. The number of nitrogens with one attached hydrogen (secondary N) is 1. The highest BCUT2D eigenvalue weighted by atomic mass is 79.9. The maximum Gasteiger partial charge on any atom is 0.325 e. The van der Waals surface area contributed by atoms with Gasteiger partial charge in [-0.3, -0.25) is 9.59 Å². The first-order valence-electron chi connectivity index (χ1n) is 5.37. The first-order valence-corrected chi connectivity index (χ1v) is 6.17. The van der Waals surface area contributed by atoms with Crippen LogP contribution in [0.3, 0.4) is 0 Å². The Balaban J connectivity index is 2.69. The second-order valence-electron chi connectivity index (χ2n) is 3.93. The monoisotopic (exact) mass is 311 g/mol. The quantitative estimate of drug-likeness (QED) is 0.839. The predicted octanol–water partition coefficient (Wildman–Crippen LogP) is 2.36. The number of hydrogen-bond acceptors (Lipinski definition) is 2. The summed E-state index contributed by atoms with van der Waals surface area (Å²) in [4.78, 5) is 22.0. The molecule has 2 N–H and O–H groups in total. The van der Waals surface area contributed by atoms with E-state index in [0.717, 1.165) is 15.6 Å². The van der Waals surface area contributed by atoms with E-state index in [0.29, 0.717) is 0 Å². The Morgan fingerprint density at radius 1 is 1.44 bits per heavy atom. The fourth-order valence-electron chi connectivity index (χ4n) is 1.26. The van der Waals surface area contributed by atoms with Gasteiger partial charge in [0.2, 0.25) is 5.91 Å². The van der Waals surface area contributed by atoms with Crippen molar-refractivity contribution >= 4 is 33.9 Å². The molecule has 0 aliphatic carbocycles. The van der Waals surface area contributed by atoms with E-state index in [4.69, 9.17) is 5.11 Å². The molecule has 0 spiro atoms. The number of amides is 1. The van der Waals surface area contributed by atoms with E-state index >= 15 is 0 Å². The molecule has 0 aliphatic heterocycles. The summed E-state index contributed by atoms with van der Waals surface area (Å²) in [5.41, 5.74) is 1.97. The van der Waals surface area contributed by atoms with Crippen molar-refractivity contribution in [2.24, 2.45) is 0 Å². The summed E-state index contributed by atoms with van der Waals surface area (Å²) in [6, 6.07) is 4.85. The minimum Gasteiger partial charge on any atom is -0.480 e. The van der Waals surface area contributed by atoms with Crippen molar-refractivity contribution in [1.82, 2.24) is 5.32 Å². The molecule has 0 aromatic heterocycles. The molecule has 0 bridgehead atoms. The van der Waals surface area contributed by atoms with E-state index in [9.17, 15) is 9.59 Å². The van der Waals surface area contributed by atoms with Crippen LogP contribution in [-0.4, -0.2) is 23.0 Å². The molecule has 0 unspecified atom stereocenters. The summed E-state index contributed by atoms with van der Waals surface area (Å²) in [5.74, 6) is -1.49. The van der Waals surface area contributed by atoms with Crippen molar-refractivity contribution in [3.05, 3.63) is 39.9 Å². The zero-order chi connectivity index (χ0) is 13.7. The summed E-state index contributed by atoms with van der Waals surface area (Å²) < 4.78 is 0.887. The summed E-state index contributed by atoms with van der Waals surface area (Å²) in [6.07, 6.45) is 2.95. The number of carbonyl (C=O) groups is 2. The second-order valence-corrected chi connectivity index (χ2v) is 4.78. The van der Waals surface area contributed by atoms with Crippen LogP contribution < -0.4 is 5.32 Å². The molecule has 0 aliphatic rings. The lowest BCUT2D eigenvalue weighted by atomic mass is 10.1. The first-order chi connectivity index (χ1) is 8.40. The van der Waals surface area contributed by atoms with Gasteiger partial charge < -0.3 is 10.4 Å². The van der Waals surface area contributed by atoms with E-state index in [1.807, 2.05) is 25.1 Å². The smallest absolute Gasteiger partial charge is 0.325 e. The van der Waals surface area contributed by atoms with Gasteiger partial charge in [-0.15, -0.1) is 0 Å². The van der Waals surface area contributed by atoms with Crippen LogP contribution in [-0.2, 0) is 9.59 Å². The normalized spacial score (nSPS) is 12.4. The Kier molecular flexibility index (Phi) is 5.09. The molecule has 0 radical (unpaired) electrons. The average Bonchev–Trinajstić information content (AvgIpc) is 2.27. The van der Waals surface area contributed by atoms with Gasteiger partial charge in [-0.05, 0) is 37.1 Å². The molecular formula is C13H14BrNO3. The Labute approximate surface area is 114 Å². The van der Waals surface area contributed by atoms with Crippen molar-refractivity contribution in [1.29, 1.82) is 0 Å². The second kappa shape index (κ2) is 6.35. The van der Waals surface area contributed by atoms with E-state index in [-0.39, 0.29) is 0 Å². The Morgan fingerprint density at radius 2 is 2.11 bits per heavy atom. The first kappa shape index (κ1) is 14.4. The summed E-state index contributed by atoms with van der Waals surface area (Å²) >= 11 is 3.39. The van der Waals surface area contributed by atoms with Crippen molar-refractivity contribution in [2.45, 2.75) is 19.9 Å². The molecule has 18 heavy (non-hydrogen) atoms. The van der Waals surface area contributed by atoms with Gasteiger partial charge in [0.1, 0.15) is 6.04 Å². The largest absolute Gasteiger partial charge is 0.480 e. The molecule has 1 aromatic carbocycles. The molecule has 0 saturated carbocycles. The van der Waals surface area contributed by atoms with Gasteiger partial charge in [0.15, 0.2) is 0 Å².